The zero-order chi connectivity index (χ0) is 15.5. The lowest BCUT2D eigenvalue weighted by Crippen LogP contribution is -2.38. The number of carbonyl (C=O) groups excluding carboxylic acids is 1. The highest BCUT2D eigenvalue weighted by Gasteiger charge is 2.32. The van der Waals surface area contributed by atoms with Crippen LogP contribution >= 0.6 is 0 Å². The van der Waals surface area contributed by atoms with Crippen LogP contribution in [0.3, 0.4) is 0 Å². The maximum atomic E-state index is 12.8. The van der Waals surface area contributed by atoms with E-state index in [1.165, 1.54) is 6.20 Å². The third-order valence-corrected chi connectivity index (χ3v) is 4.11. The molecule has 3 rings (SSSR count). The highest BCUT2D eigenvalue weighted by molar-refractivity contribution is 5.99. The maximum Gasteiger partial charge on any atom is 0.259 e. The molecule has 1 aliphatic heterocycles. The van der Waals surface area contributed by atoms with Crippen LogP contribution in [0.1, 0.15) is 28.8 Å². The summed E-state index contributed by atoms with van der Waals surface area (Å²) in [5.41, 5.74) is 2.55. The number of carbonyl (C=O) groups is 1. The molecule has 0 aliphatic carbocycles. The van der Waals surface area contributed by atoms with Crippen LogP contribution in [0, 0.1) is 6.92 Å². The van der Waals surface area contributed by atoms with Gasteiger partial charge in [0.2, 0.25) is 0 Å². The van der Waals surface area contributed by atoms with E-state index < -0.39 is 0 Å². The van der Waals surface area contributed by atoms with Crippen molar-refractivity contribution in [2.75, 3.05) is 20.3 Å². The number of aryl methyl sites for hydroxylation is 1. The predicted octanol–water partition coefficient (Wildman–Crippen LogP) is 2.90. The SMILES string of the molecule is COCC1CCCN1C(=O)c1cnoc1-c1ccc(C)cc1. The molecule has 5 heteroatoms. The first kappa shape index (κ1) is 14.8. The average molecular weight is 300 g/mol. The van der Waals surface area contributed by atoms with Gasteiger partial charge >= 0.3 is 0 Å². The van der Waals surface area contributed by atoms with Gasteiger partial charge in [0.25, 0.3) is 5.91 Å². The van der Waals surface area contributed by atoms with Gasteiger partial charge in [0.15, 0.2) is 5.76 Å². The lowest BCUT2D eigenvalue weighted by molar-refractivity contribution is 0.0631. The second kappa shape index (κ2) is 6.32. The monoisotopic (exact) mass is 300 g/mol. The molecular weight excluding hydrogens is 280 g/mol. The summed E-state index contributed by atoms with van der Waals surface area (Å²) in [7, 11) is 1.66. The topological polar surface area (TPSA) is 55.6 Å². The van der Waals surface area contributed by atoms with Crippen LogP contribution in [0.5, 0.6) is 0 Å². The van der Waals surface area contributed by atoms with Gasteiger partial charge in [-0.2, -0.15) is 0 Å². The number of nitrogens with zero attached hydrogens (tertiary/aromatic N) is 2. The minimum absolute atomic E-state index is 0.0311. The molecule has 22 heavy (non-hydrogen) atoms. The number of ether oxygens (including phenoxy) is 1. The molecule has 2 aromatic rings. The molecule has 0 N–H and O–H groups in total. The van der Waals surface area contributed by atoms with Gasteiger partial charge in [-0.05, 0) is 19.8 Å². The van der Waals surface area contributed by atoms with Crippen LogP contribution < -0.4 is 0 Å². The lowest BCUT2D eigenvalue weighted by atomic mass is 10.1. The largest absolute Gasteiger partial charge is 0.383 e. The van der Waals surface area contributed by atoms with E-state index >= 15 is 0 Å². The molecule has 0 spiro atoms. The van der Waals surface area contributed by atoms with Gasteiger partial charge in [0, 0.05) is 19.2 Å². The summed E-state index contributed by atoms with van der Waals surface area (Å²) in [4.78, 5) is 14.7. The van der Waals surface area contributed by atoms with Crippen LogP contribution in [-0.2, 0) is 4.74 Å². The highest BCUT2D eigenvalue weighted by atomic mass is 16.5. The van der Waals surface area contributed by atoms with Crippen molar-refractivity contribution >= 4 is 5.91 Å². The zero-order valence-corrected chi connectivity index (χ0v) is 12.9. The number of likely N-dealkylation sites (tertiary alicyclic amines) is 1. The Bertz CT molecular complexity index is 648. The smallest absolute Gasteiger partial charge is 0.259 e. The summed E-state index contributed by atoms with van der Waals surface area (Å²) in [5.74, 6) is 0.504. The Hall–Kier alpha value is -2.14. The standard InChI is InChI=1S/C17H20N2O3/c1-12-5-7-13(8-6-12)16-15(10-18-22-16)17(20)19-9-3-4-14(19)11-21-2/h5-8,10,14H,3-4,9,11H2,1-2H3. The van der Waals surface area contributed by atoms with Gasteiger partial charge in [-0.25, -0.2) is 0 Å². The Kier molecular flexibility index (Phi) is 4.24. The van der Waals surface area contributed by atoms with Crippen molar-refractivity contribution in [1.29, 1.82) is 0 Å². The zero-order valence-electron chi connectivity index (χ0n) is 12.9. The summed E-state index contributed by atoms with van der Waals surface area (Å²) in [6.45, 7) is 3.35. The molecule has 2 heterocycles. The first-order chi connectivity index (χ1) is 10.7. The molecule has 1 unspecified atom stereocenters. The first-order valence-corrected chi connectivity index (χ1v) is 7.52. The molecule has 1 saturated heterocycles. The number of benzene rings is 1. The number of hydrogen-bond donors (Lipinski definition) is 0. The number of methoxy groups -OCH3 is 1. The Labute approximate surface area is 129 Å². The van der Waals surface area contributed by atoms with Crippen LogP contribution in [-0.4, -0.2) is 42.3 Å². The summed E-state index contributed by atoms with van der Waals surface area (Å²) < 4.78 is 10.6. The van der Waals surface area contributed by atoms with E-state index in [1.54, 1.807) is 7.11 Å². The Morgan fingerprint density at radius 2 is 2.18 bits per heavy atom. The number of rotatable bonds is 4. The molecule has 5 nitrogen and oxygen atoms in total. The number of aromatic nitrogens is 1. The van der Waals surface area contributed by atoms with Crippen molar-refractivity contribution in [2.45, 2.75) is 25.8 Å². The fourth-order valence-electron chi connectivity index (χ4n) is 2.93. The van der Waals surface area contributed by atoms with Crippen molar-refractivity contribution in [2.24, 2.45) is 0 Å². The Balaban J connectivity index is 1.88. The molecule has 0 bridgehead atoms. The van der Waals surface area contributed by atoms with Crippen molar-refractivity contribution in [3.8, 4) is 11.3 Å². The summed E-state index contributed by atoms with van der Waals surface area (Å²) in [6.07, 6.45) is 3.50. The van der Waals surface area contributed by atoms with Gasteiger partial charge in [0.1, 0.15) is 5.56 Å². The fourth-order valence-corrected chi connectivity index (χ4v) is 2.93. The van der Waals surface area contributed by atoms with Gasteiger partial charge in [-0.1, -0.05) is 35.0 Å². The maximum absolute atomic E-state index is 12.8. The fraction of sp³-hybridized carbons (Fsp3) is 0.412. The van der Waals surface area contributed by atoms with E-state index in [9.17, 15) is 4.79 Å². The molecule has 1 aliphatic rings. The van der Waals surface area contributed by atoms with E-state index in [1.807, 2.05) is 36.1 Å². The second-order valence-electron chi connectivity index (χ2n) is 5.68. The van der Waals surface area contributed by atoms with Crippen LogP contribution in [0.2, 0.25) is 0 Å². The van der Waals surface area contributed by atoms with E-state index in [0.717, 1.165) is 30.5 Å². The molecular formula is C17H20N2O3. The quantitative estimate of drug-likeness (QED) is 0.871. The van der Waals surface area contributed by atoms with Crippen LogP contribution in [0.4, 0.5) is 0 Å². The third kappa shape index (κ3) is 2.76. The number of hydrogen-bond acceptors (Lipinski definition) is 4. The van der Waals surface area contributed by atoms with Gasteiger partial charge in [-0.3, -0.25) is 4.79 Å². The molecule has 0 saturated carbocycles. The first-order valence-electron chi connectivity index (χ1n) is 7.52. The van der Waals surface area contributed by atoms with Crippen LogP contribution in [0.15, 0.2) is 35.0 Å². The van der Waals surface area contributed by atoms with E-state index in [4.69, 9.17) is 9.26 Å². The normalized spacial score (nSPS) is 17.9. The minimum atomic E-state index is -0.0311. The lowest BCUT2D eigenvalue weighted by Gasteiger charge is -2.23. The summed E-state index contributed by atoms with van der Waals surface area (Å²) >= 11 is 0. The second-order valence-corrected chi connectivity index (χ2v) is 5.68. The predicted molar refractivity (Wildman–Crippen MR) is 82.6 cm³/mol. The molecule has 1 fully saturated rings. The molecule has 1 amide bonds. The van der Waals surface area contributed by atoms with Gasteiger partial charge < -0.3 is 14.2 Å². The van der Waals surface area contributed by atoms with Crippen molar-refractivity contribution in [3.63, 3.8) is 0 Å². The molecule has 1 aromatic carbocycles. The molecule has 0 radical (unpaired) electrons. The summed E-state index contributed by atoms with van der Waals surface area (Å²) in [5, 5.41) is 3.83. The summed E-state index contributed by atoms with van der Waals surface area (Å²) in [6, 6.07) is 8.02. The minimum Gasteiger partial charge on any atom is -0.383 e. The average Bonchev–Trinajstić information content (AvgIpc) is 3.17. The van der Waals surface area contributed by atoms with Crippen molar-refractivity contribution < 1.29 is 14.1 Å². The Morgan fingerprint density at radius 1 is 1.41 bits per heavy atom. The van der Waals surface area contributed by atoms with Gasteiger partial charge in [-0.15, -0.1) is 0 Å². The third-order valence-electron chi connectivity index (χ3n) is 4.11. The van der Waals surface area contributed by atoms with E-state index in [2.05, 4.69) is 5.16 Å². The van der Waals surface area contributed by atoms with Gasteiger partial charge in [0.05, 0.1) is 18.8 Å². The van der Waals surface area contributed by atoms with E-state index in [0.29, 0.717) is 17.9 Å². The van der Waals surface area contributed by atoms with E-state index in [-0.39, 0.29) is 11.9 Å². The van der Waals surface area contributed by atoms with Crippen molar-refractivity contribution in [1.82, 2.24) is 10.1 Å². The molecule has 1 atom stereocenters. The molecule has 116 valence electrons. The van der Waals surface area contributed by atoms with Crippen molar-refractivity contribution in [3.05, 3.63) is 41.6 Å². The highest BCUT2D eigenvalue weighted by Crippen LogP contribution is 2.27. The number of amides is 1. The van der Waals surface area contributed by atoms with Crippen LogP contribution in [0.25, 0.3) is 11.3 Å². The molecule has 1 aromatic heterocycles. The Morgan fingerprint density at radius 3 is 2.91 bits per heavy atom.